The van der Waals surface area contributed by atoms with Gasteiger partial charge in [0, 0.05) is 12.0 Å². The molecule has 17 heavy (non-hydrogen) atoms. The van der Waals surface area contributed by atoms with Crippen LogP contribution in [0.5, 0.6) is 0 Å². The third-order valence-corrected chi connectivity index (χ3v) is 4.35. The van der Waals surface area contributed by atoms with Crippen LogP contribution in [0.25, 0.3) is 0 Å². The molecule has 0 unspecified atom stereocenters. The van der Waals surface area contributed by atoms with E-state index in [1.54, 1.807) is 4.57 Å². The van der Waals surface area contributed by atoms with E-state index in [1.807, 2.05) is 6.92 Å². The zero-order chi connectivity index (χ0) is 12.7. The van der Waals surface area contributed by atoms with Crippen molar-refractivity contribution in [3.05, 3.63) is 5.82 Å². The minimum atomic E-state index is -3.79. The first-order valence-corrected chi connectivity index (χ1v) is 7.39. The minimum Gasteiger partial charge on any atom is -0.301 e. The maximum atomic E-state index is 11.4. The lowest BCUT2D eigenvalue weighted by molar-refractivity contribution is 0.425. The highest BCUT2D eigenvalue weighted by Crippen LogP contribution is 2.39. The average molecular weight is 258 g/mol. The van der Waals surface area contributed by atoms with Gasteiger partial charge >= 0.3 is 0 Å². The number of rotatable bonds is 3. The van der Waals surface area contributed by atoms with Crippen LogP contribution >= 0.6 is 0 Å². The molecule has 2 N–H and O–H groups in total. The quantitative estimate of drug-likeness (QED) is 0.867. The molecule has 1 aliphatic rings. The van der Waals surface area contributed by atoms with Crippen molar-refractivity contribution in [2.45, 2.75) is 56.6 Å². The van der Waals surface area contributed by atoms with Crippen molar-refractivity contribution < 1.29 is 8.42 Å². The van der Waals surface area contributed by atoms with Gasteiger partial charge in [-0.05, 0) is 19.8 Å². The van der Waals surface area contributed by atoms with Gasteiger partial charge in [0.25, 0.3) is 15.2 Å². The Labute approximate surface area is 101 Å². The number of sulfonamides is 1. The second kappa shape index (κ2) is 4.06. The predicted octanol–water partition coefficient (Wildman–Crippen LogP) is 0.777. The number of nitrogens with two attached hydrogens (primary N) is 1. The molecule has 1 aliphatic carbocycles. The molecule has 2 rings (SSSR count). The fraction of sp³-hybridized carbons (Fsp3) is 0.800. The summed E-state index contributed by atoms with van der Waals surface area (Å²) in [6.07, 6.45) is 4.35. The van der Waals surface area contributed by atoms with Gasteiger partial charge < -0.3 is 4.57 Å². The van der Waals surface area contributed by atoms with Crippen LogP contribution in [0.4, 0.5) is 0 Å². The Bertz CT molecular complexity index is 514. The van der Waals surface area contributed by atoms with Crippen LogP contribution in [0.1, 0.15) is 45.4 Å². The highest BCUT2D eigenvalue weighted by atomic mass is 32.2. The van der Waals surface area contributed by atoms with Crippen molar-refractivity contribution >= 4 is 10.0 Å². The van der Waals surface area contributed by atoms with E-state index in [9.17, 15) is 8.42 Å². The Morgan fingerprint density at radius 1 is 1.35 bits per heavy atom. The van der Waals surface area contributed by atoms with E-state index in [-0.39, 0.29) is 10.6 Å². The zero-order valence-corrected chi connectivity index (χ0v) is 11.0. The topological polar surface area (TPSA) is 90.9 Å². The lowest BCUT2D eigenvalue weighted by Gasteiger charge is -2.22. The van der Waals surface area contributed by atoms with Crippen molar-refractivity contribution in [2.75, 3.05) is 0 Å². The Morgan fingerprint density at radius 2 is 1.94 bits per heavy atom. The second-order valence-electron chi connectivity index (χ2n) is 4.86. The van der Waals surface area contributed by atoms with E-state index < -0.39 is 10.0 Å². The Kier molecular flexibility index (Phi) is 2.99. The van der Waals surface area contributed by atoms with E-state index >= 15 is 0 Å². The number of hydrogen-bond donors (Lipinski definition) is 1. The van der Waals surface area contributed by atoms with E-state index in [0.717, 1.165) is 31.5 Å². The molecule has 0 aromatic carbocycles. The summed E-state index contributed by atoms with van der Waals surface area (Å²) in [6, 6.07) is 0. The van der Waals surface area contributed by atoms with Gasteiger partial charge in [0.05, 0.1) is 0 Å². The zero-order valence-electron chi connectivity index (χ0n) is 10.2. The van der Waals surface area contributed by atoms with E-state index in [1.165, 1.54) is 0 Å². The van der Waals surface area contributed by atoms with Crippen LogP contribution in [-0.2, 0) is 22.0 Å². The van der Waals surface area contributed by atoms with Crippen molar-refractivity contribution in [2.24, 2.45) is 5.14 Å². The van der Waals surface area contributed by atoms with Gasteiger partial charge in [0.15, 0.2) is 0 Å². The minimum absolute atomic E-state index is 0.0635. The summed E-state index contributed by atoms with van der Waals surface area (Å²) in [5.41, 5.74) is -0.0635. The van der Waals surface area contributed by atoms with Crippen molar-refractivity contribution in [3.63, 3.8) is 0 Å². The normalized spacial score (nSPS) is 19.7. The first kappa shape index (κ1) is 12.5. The predicted molar refractivity (Wildman–Crippen MR) is 62.9 cm³/mol. The Balaban J connectivity index is 2.53. The summed E-state index contributed by atoms with van der Waals surface area (Å²) in [4.78, 5) is 0. The third kappa shape index (κ3) is 2.09. The van der Waals surface area contributed by atoms with Crippen molar-refractivity contribution in [1.82, 2.24) is 14.8 Å². The number of aromatic nitrogens is 3. The van der Waals surface area contributed by atoms with Gasteiger partial charge in [-0.2, -0.15) is 0 Å². The van der Waals surface area contributed by atoms with Crippen molar-refractivity contribution in [3.8, 4) is 0 Å². The summed E-state index contributed by atoms with van der Waals surface area (Å²) in [5, 5.41) is 12.8. The molecule has 0 saturated heterocycles. The van der Waals surface area contributed by atoms with Crippen LogP contribution in [0.15, 0.2) is 5.16 Å². The molecule has 1 heterocycles. The molecule has 6 nitrogen and oxygen atoms in total. The second-order valence-corrected chi connectivity index (χ2v) is 6.32. The van der Waals surface area contributed by atoms with E-state index in [2.05, 4.69) is 17.1 Å². The molecule has 0 bridgehead atoms. The fourth-order valence-corrected chi connectivity index (χ4v) is 3.29. The Morgan fingerprint density at radius 3 is 2.41 bits per heavy atom. The molecular formula is C10H18N4O2S. The molecule has 0 amide bonds. The highest BCUT2D eigenvalue weighted by Gasteiger charge is 2.37. The molecule has 7 heteroatoms. The molecule has 0 spiro atoms. The van der Waals surface area contributed by atoms with Gasteiger partial charge in [-0.15, -0.1) is 10.2 Å². The smallest absolute Gasteiger partial charge is 0.273 e. The largest absolute Gasteiger partial charge is 0.301 e. The van der Waals surface area contributed by atoms with Gasteiger partial charge in [0.1, 0.15) is 5.82 Å². The molecule has 0 radical (unpaired) electrons. The summed E-state index contributed by atoms with van der Waals surface area (Å²) in [7, 11) is -3.79. The number of nitrogens with zero attached hydrogens (tertiary/aromatic N) is 3. The number of primary sulfonamides is 1. The van der Waals surface area contributed by atoms with E-state index in [0.29, 0.717) is 6.54 Å². The van der Waals surface area contributed by atoms with E-state index in [4.69, 9.17) is 5.14 Å². The molecule has 0 aliphatic heterocycles. The van der Waals surface area contributed by atoms with Gasteiger partial charge in [-0.25, -0.2) is 13.6 Å². The monoisotopic (exact) mass is 258 g/mol. The van der Waals surface area contributed by atoms with Gasteiger partial charge in [-0.1, -0.05) is 19.8 Å². The maximum Gasteiger partial charge on any atom is 0.273 e. The lowest BCUT2D eigenvalue weighted by Crippen LogP contribution is -2.25. The summed E-state index contributed by atoms with van der Waals surface area (Å²) in [5.74, 6) is 0.751. The molecule has 0 atom stereocenters. The SMILES string of the molecule is CCn1c(C2(C)CCCC2)nnc1S(N)(=O)=O. The lowest BCUT2D eigenvalue weighted by atomic mass is 9.88. The maximum absolute atomic E-state index is 11.4. The van der Waals surface area contributed by atoms with Gasteiger partial charge in [-0.3, -0.25) is 0 Å². The van der Waals surface area contributed by atoms with Crippen LogP contribution < -0.4 is 5.14 Å². The molecular weight excluding hydrogens is 240 g/mol. The molecule has 96 valence electrons. The average Bonchev–Trinajstić information content (AvgIpc) is 2.82. The first-order chi connectivity index (χ1) is 7.88. The van der Waals surface area contributed by atoms with Crippen LogP contribution in [0.2, 0.25) is 0 Å². The highest BCUT2D eigenvalue weighted by molar-refractivity contribution is 7.89. The standard InChI is InChI=1S/C10H18N4O2S/c1-3-14-8(10(2)6-4-5-7-10)12-13-9(14)17(11,15)16/h3-7H2,1-2H3,(H2,11,15,16). The third-order valence-electron chi connectivity index (χ3n) is 3.53. The molecule has 1 fully saturated rings. The van der Waals surface area contributed by atoms with Crippen LogP contribution in [0.3, 0.4) is 0 Å². The summed E-state index contributed by atoms with van der Waals surface area (Å²) in [6.45, 7) is 4.51. The Hall–Kier alpha value is -0.950. The summed E-state index contributed by atoms with van der Waals surface area (Å²) >= 11 is 0. The molecule has 1 aromatic rings. The van der Waals surface area contributed by atoms with Gasteiger partial charge in [0.2, 0.25) is 0 Å². The summed E-state index contributed by atoms with van der Waals surface area (Å²) < 4.78 is 24.4. The van der Waals surface area contributed by atoms with Crippen LogP contribution in [0, 0.1) is 0 Å². The number of hydrogen-bond acceptors (Lipinski definition) is 4. The molecule has 1 aromatic heterocycles. The fourth-order valence-electron chi connectivity index (χ4n) is 2.61. The first-order valence-electron chi connectivity index (χ1n) is 5.85. The molecule has 1 saturated carbocycles. The van der Waals surface area contributed by atoms with Crippen molar-refractivity contribution in [1.29, 1.82) is 0 Å². The van der Waals surface area contributed by atoms with Crippen LogP contribution in [-0.4, -0.2) is 23.2 Å².